The summed E-state index contributed by atoms with van der Waals surface area (Å²) in [7, 11) is 0. The van der Waals surface area contributed by atoms with E-state index >= 15 is 0 Å². The molecule has 84 valence electrons. The minimum absolute atomic E-state index is 0.000229. The molecular formula is C14H11NO2. The van der Waals surface area contributed by atoms with Crippen LogP contribution >= 0.6 is 0 Å². The first-order valence-corrected chi connectivity index (χ1v) is 5.46. The standard InChI is InChI=1S/C14H11NO2/c16-13(14-6-3-7-17-14)8-10-9-15-12-5-2-1-4-11(10)12/h1-7,9,15H,8H2. The van der Waals surface area contributed by atoms with Crippen LogP contribution < -0.4 is 0 Å². The molecule has 0 aliphatic carbocycles. The maximum Gasteiger partial charge on any atom is 0.202 e. The maximum atomic E-state index is 11.9. The van der Waals surface area contributed by atoms with Crippen molar-refractivity contribution in [1.82, 2.24) is 4.98 Å². The number of H-pyrrole nitrogens is 1. The summed E-state index contributed by atoms with van der Waals surface area (Å²) in [6, 6.07) is 11.4. The van der Waals surface area contributed by atoms with Gasteiger partial charge in [0, 0.05) is 23.5 Å². The number of fused-ring (bicyclic) bond motifs is 1. The molecule has 1 N–H and O–H groups in total. The Balaban J connectivity index is 1.93. The fourth-order valence-corrected chi connectivity index (χ4v) is 1.98. The Morgan fingerprint density at radius 2 is 2.06 bits per heavy atom. The average molecular weight is 225 g/mol. The molecule has 0 radical (unpaired) electrons. The van der Waals surface area contributed by atoms with Gasteiger partial charge in [-0.05, 0) is 23.8 Å². The molecule has 3 aromatic rings. The van der Waals surface area contributed by atoms with E-state index in [9.17, 15) is 4.79 Å². The maximum absolute atomic E-state index is 11.9. The van der Waals surface area contributed by atoms with E-state index in [1.807, 2.05) is 30.5 Å². The van der Waals surface area contributed by atoms with E-state index in [4.69, 9.17) is 4.42 Å². The molecule has 3 heteroatoms. The Labute approximate surface area is 98.1 Å². The van der Waals surface area contributed by atoms with Crippen LogP contribution in [0.4, 0.5) is 0 Å². The lowest BCUT2D eigenvalue weighted by Crippen LogP contribution is -2.01. The van der Waals surface area contributed by atoms with Crippen molar-refractivity contribution < 1.29 is 9.21 Å². The summed E-state index contributed by atoms with van der Waals surface area (Å²) in [5.74, 6) is 0.412. The molecule has 0 saturated heterocycles. The normalized spacial score (nSPS) is 10.8. The molecule has 1 aromatic carbocycles. The summed E-state index contributed by atoms with van der Waals surface area (Å²) in [5, 5.41) is 1.09. The fourth-order valence-electron chi connectivity index (χ4n) is 1.98. The number of hydrogen-bond donors (Lipinski definition) is 1. The first-order valence-electron chi connectivity index (χ1n) is 5.46. The van der Waals surface area contributed by atoms with E-state index in [-0.39, 0.29) is 5.78 Å². The Kier molecular flexibility index (Phi) is 2.29. The van der Waals surface area contributed by atoms with Crippen LogP contribution in [-0.2, 0) is 6.42 Å². The van der Waals surface area contributed by atoms with Gasteiger partial charge in [-0.2, -0.15) is 0 Å². The molecular weight excluding hydrogens is 214 g/mol. The molecule has 3 nitrogen and oxygen atoms in total. The van der Waals surface area contributed by atoms with Crippen molar-refractivity contribution in [3.63, 3.8) is 0 Å². The SMILES string of the molecule is O=C(Cc1c[nH]c2ccccc12)c1ccco1. The summed E-state index contributed by atoms with van der Waals surface area (Å²) in [6.45, 7) is 0. The zero-order chi connectivity index (χ0) is 11.7. The third-order valence-electron chi connectivity index (χ3n) is 2.82. The quantitative estimate of drug-likeness (QED) is 0.696. The summed E-state index contributed by atoms with van der Waals surface area (Å²) in [5.41, 5.74) is 2.05. The minimum atomic E-state index is -0.000229. The summed E-state index contributed by atoms with van der Waals surface area (Å²) in [4.78, 5) is 15.1. The lowest BCUT2D eigenvalue weighted by atomic mass is 10.1. The topological polar surface area (TPSA) is 46.0 Å². The number of nitrogens with one attached hydrogen (secondary N) is 1. The van der Waals surface area contributed by atoms with Gasteiger partial charge in [-0.15, -0.1) is 0 Å². The van der Waals surface area contributed by atoms with Crippen LogP contribution in [0.3, 0.4) is 0 Å². The van der Waals surface area contributed by atoms with Crippen molar-refractivity contribution in [2.45, 2.75) is 6.42 Å². The van der Waals surface area contributed by atoms with Gasteiger partial charge in [-0.3, -0.25) is 4.79 Å². The smallest absolute Gasteiger partial charge is 0.202 e. The van der Waals surface area contributed by atoms with Gasteiger partial charge in [0.05, 0.1) is 6.26 Å². The third kappa shape index (κ3) is 1.76. The van der Waals surface area contributed by atoms with Crippen LogP contribution in [0.5, 0.6) is 0 Å². The first kappa shape index (κ1) is 9.90. The third-order valence-corrected chi connectivity index (χ3v) is 2.82. The van der Waals surface area contributed by atoms with E-state index in [0.717, 1.165) is 16.5 Å². The number of Topliss-reactive ketones (excluding diaryl/α,β-unsaturated/α-hetero) is 1. The highest BCUT2D eigenvalue weighted by atomic mass is 16.3. The summed E-state index contributed by atoms with van der Waals surface area (Å²) in [6.07, 6.45) is 3.76. The van der Waals surface area contributed by atoms with Gasteiger partial charge in [0.2, 0.25) is 5.78 Å². The number of hydrogen-bond acceptors (Lipinski definition) is 2. The molecule has 0 spiro atoms. The van der Waals surface area contributed by atoms with E-state index in [1.54, 1.807) is 12.1 Å². The van der Waals surface area contributed by atoms with Crippen molar-refractivity contribution in [2.24, 2.45) is 0 Å². The van der Waals surface area contributed by atoms with E-state index < -0.39 is 0 Å². The molecule has 2 heterocycles. The van der Waals surface area contributed by atoms with Crippen LogP contribution in [0.25, 0.3) is 10.9 Å². The van der Waals surface area contributed by atoms with Crippen molar-refractivity contribution in [3.8, 4) is 0 Å². The largest absolute Gasteiger partial charge is 0.461 e. The second-order valence-electron chi connectivity index (χ2n) is 3.94. The van der Waals surface area contributed by atoms with Gasteiger partial charge >= 0.3 is 0 Å². The number of aromatic amines is 1. The lowest BCUT2D eigenvalue weighted by Gasteiger charge is -1.96. The molecule has 0 unspecified atom stereocenters. The molecule has 0 aliphatic heterocycles. The molecule has 3 rings (SSSR count). The molecule has 0 aliphatic rings. The zero-order valence-electron chi connectivity index (χ0n) is 9.14. The van der Waals surface area contributed by atoms with Crippen LogP contribution in [-0.4, -0.2) is 10.8 Å². The lowest BCUT2D eigenvalue weighted by molar-refractivity contribution is 0.0967. The zero-order valence-corrected chi connectivity index (χ0v) is 9.14. The van der Waals surface area contributed by atoms with E-state index in [2.05, 4.69) is 4.98 Å². The second kappa shape index (κ2) is 3.94. The van der Waals surface area contributed by atoms with Crippen molar-refractivity contribution in [1.29, 1.82) is 0 Å². The second-order valence-corrected chi connectivity index (χ2v) is 3.94. The number of carbonyl (C=O) groups is 1. The number of carbonyl (C=O) groups excluding carboxylic acids is 1. The highest BCUT2D eigenvalue weighted by Gasteiger charge is 2.12. The van der Waals surface area contributed by atoms with Gasteiger partial charge in [-0.25, -0.2) is 0 Å². The minimum Gasteiger partial charge on any atom is -0.461 e. The Morgan fingerprint density at radius 1 is 1.18 bits per heavy atom. The van der Waals surface area contributed by atoms with Crippen molar-refractivity contribution in [3.05, 3.63) is 60.2 Å². The van der Waals surface area contributed by atoms with Gasteiger partial charge in [0.25, 0.3) is 0 Å². The number of benzene rings is 1. The molecule has 0 fully saturated rings. The molecule has 0 atom stereocenters. The van der Waals surface area contributed by atoms with Gasteiger partial charge in [-0.1, -0.05) is 18.2 Å². The van der Waals surface area contributed by atoms with Gasteiger partial charge < -0.3 is 9.40 Å². The van der Waals surface area contributed by atoms with Gasteiger partial charge in [0.15, 0.2) is 5.76 Å². The van der Waals surface area contributed by atoms with Crippen LogP contribution in [0.1, 0.15) is 16.1 Å². The number of rotatable bonds is 3. The predicted octanol–water partition coefficient (Wildman–Crippen LogP) is 3.19. The number of aromatic nitrogens is 1. The van der Waals surface area contributed by atoms with E-state index in [1.165, 1.54) is 6.26 Å². The number of para-hydroxylation sites is 1. The molecule has 0 bridgehead atoms. The Bertz CT molecular complexity index is 650. The molecule has 17 heavy (non-hydrogen) atoms. The van der Waals surface area contributed by atoms with Crippen molar-refractivity contribution in [2.75, 3.05) is 0 Å². The Hall–Kier alpha value is -2.29. The fraction of sp³-hybridized carbons (Fsp3) is 0.0714. The summed E-state index contributed by atoms with van der Waals surface area (Å²) >= 11 is 0. The highest BCUT2D eigenvalue weighted by Crippen LogP contribution is 2.19. The highest BCUT2D eigenvalue weighted by molar-refractivity contribution is 5.97. The van der Waals surface area contributed by atoms with Gasteiger partial charge in [0.1, 0.15) is 0 Å². The summed E-state index contributed by atoms with van der Waals surface area (Å²) < 4.78 is 5.10. The van der Waals surface area contributed by atoms with Crippen molar-refractivity contribution >= 4 is 16.7 Å². The first-order chi connectivity index (χ1) is 8.34. The monoisotopic (exact) mass is 225 g/mol. The van der Waals surface area contributed by atoms with Crippen LogP contribution in [0, 0.1) is 0 Å². The Morgan fingerprint density at radius 3 is 2.88 bits per heavy atom. The molecule has 0 amide bonds. The average Bonchev–Trinajstić information content (AvgIpc) is 2.98. The number of ketones is 1. The predicted molar refractivity (Wildman–Crippen MR) is 65.0 cm³/mol. The molecule has 0 saturated carbocycles. The van der Waals surface area contributed by atoms with E-state index in [0.29, 0.717) is 12.2 Å². The number of furan rings is 1. The van der Waals surface area contributed by atoms with Crippen LogP contribution in [0.15, 0.2) is 53.3 Å². The van der Waals surface area contributed by atoms with Crippen LogP contribution in [0.2, 0.25) is 0 Å². The molecule has 2 aromatic heterocycles.